The molecule has 0 aliphatic carbocycles. The van der Waals surface area contributed by atoms with Crippen LogP contribution in [-0.4, -0.2) is 23.3 Å². The zero-order chi connectivity index (χ0) is 19.1. The van der Waals surface area contributed by atoms with Crippen LogP contribution < -0.4 is 5.32 Å². The molecule has 0 spiro atoms. The minimum atomic E-state index is -0.209. The van der Waals surface area contributed by atoms with E-state index >= 15 is 0 Å². The Morgan fingerprint density at radius 3 is 2.04 bits per heavy atom. The van der Waals surface area contributed by atoms with Crippen molar-refractivity contribution in [2.24, 2.45) is 0 Å². The summed E-state index contributed by atoms with van der Waals surface area (Å²) in [6, 6.07) is 14.2. The fraction of sp³-hybridized carbons (Fsp3) is 0.200. The third-order valence-corrected chi connectivity index (χ3v) is 4.47. The van der Waals surface area contributed by atoms with Crippen LogP contribution >= 0.6 is 15.9 Å². The number of furan rings is 2. The molecule has 0 aliphatic rings. The number of rotatable bonds is 8. The first-order valence-corrected chi connectivity index (χ1v) is 9.27. The number of halogens is 1. The highest BCUT2D eigenvalue weighted by Crippen LogP contribution is 2.13. The topological polar surface area (TPSA) is 75.7 Å². The summed E-state index contributed by atoms with van der Waals surface area (Å²) in [6.45, 7) is 0.931. The van der Waals surface area contributed by atoms with Crippen LogP contribution in [0.5, 0.6) is 0 Å². The summed E-state index contributed by atoms with van der Waals surface area (Å²) >= 11 is 3.33. The number of amides is 2. The van der Waals surface area contributed by atoms with Crippen molar-refractivity contribution in [2.75, 3.05) is 6.54 Å². The highest BCUT2D eigenvalue weighted by atomic mass is 79.9. The van der Waals surface area contributed by atoms with Gasteiger partial charge in [0.15, 0.2) is 0 Å². The van der Waals surface area contributed by atoms with E-state index in [1.807, 2.05) is 12.1 Å². The summed E-state index contributed by atoms with van der Waals surface area (Å²) in [5.41, 5.74) is 0.550. The second-order valence-electron chi connectivity index (χ2n) is 5.92. The zero-order valence-electron chi connectivity index (χ0n) is 14.6. The lowest BCUT2D eigenvalue weighted by Gasteiger charge is -2.20. The van der Waals surface area contributed by atoms with E-state index in [1.54, 1.807) is 53.8 Å². The van der Waals surface area contributed by atoms with Crippen molar-refractivity contribution in [3.8, 4) is 0 Å². The lowest BCUT2D eigenvalue weighted by atomic mass is 10.2. The molecule has 1 N–H and O–H groups in total. The van der Waals surface area contributed by atoms with Crippen molar-refractivity contribution in [1.82, 2.24) is 10.2 Å². The van der Waals surface area contributed by atoms with Crippen molar-refractivity contribution in [3.63, 3.8) is 0 Å². The normalized spacial score (nSPS) is 10.6. The second kappa shape index (κ2) is 9.23. The van der Waals surface area contributed by atoms with Gasteiger partial charge in [0, 0.05) is 23.0 Å². The highest BCUT2D eigenvalue weighted by molar-refractivity contribution is 9.10. The van der Waals surface area contributed by atoms with Gasteiger partial charge in [0.25, 0.3) is 5.91 Å². The van der Waals surface area contributed by atoms with Crippen LogP contribution in [0.1, 0.15) is 28.3 Å². The molecule has 2 aromatic heterocycles. The number of nitrogens with zero attached hydrogens (tertiary/aromatic N) is 1. The molecule has 0 bridgehead atoms. The molecule has 7 heteroatoms. The molecule has 27 heavy (non-hydrogen) atoms. The summed E-state index contributed by atoms with van der Waals surface area (Å²) in [6.07, 6.45) is 3.33. The average Bonchev–Trinajstić information content (AvgIpc) is 3.35. The van der Waals surface area contributed by atoms with Gasteiger partial charge in [0.2, 0.25) is 5.91 Å². The first-order chi connectivity index (χ1) is 13.1. The number of carbonyl (C=O) groups excluding carboxylic acids is 2. The van der Waals surface area contributed by atoms with Crippen LogP contribution in [0.15, 0.2) is 74.4 Å². The molecule has 0 aliphatic heterocycles. The number of carbonyl (C=O) groups is 2. The molecule has 0 radical (unpaired) electrons. The van der Waals surface area contributed by atoms with Crippen LogP contribution in [0, 0.1) is 0 Å². The van der Waals surface area contributed by atoms with Crippen LogP contribution in [0.2, 0.25) is 0 Å². The van der Waals surface area contributed by atoms with E-state index in [-0.39, 0.29) is 24.8 Å². The van der Waals surface area contributed by atoms with Gasteiger partial charge >= 0.3 is 0 Å². The third kappa shape index (κ3) is 5.59. The summed E-state index contributed by atoms with van der Waals surface area (Å²) in [7, 11) is 0. The number of hydrogen-bond donors (Lipinski definition) is 1. The monoisotopic (exact) mass is 430 g/mol. The molecule has 6 nitrogen and oxygen atoms in total. The quantitative estimate of drug-likeness (QED) is 0.586. The second-order valence-corrected chi connectivity index (χ2v) is 6.84. The molecule has 3 aromatic rings. The standard InChI is InChI=1S/C20H19BrN2O4/c21-16-7-5-15(6-8-16)20(25)22-10-9-19(24)23(13-17-3-1-11-26-17)14-18-4-2-12-27-18/h1-8,11-12H,9-10,13-14H2,(H,22,25). The van der Waals surface area contributed by atoms with Crippen LogP contribution in [0.25, 0.3) is 0 Å². The largest absolute Gasteiger partial charge is 0.467 e. The van der Waals surface area contributed by atoms with Gasteiger partial charge in [0.1, 0.15) is 11.5 Å². The molecule has 140 valence electrons. The molecule has 2 heterocycles. The maximum Gasteiger partial charge on any atom is 0.251 e. The lowest BCUT2D eigenvalue weighted by Crippen LogP contribution is -2.33. The number of nitrogens with one attached hydrogen (secondary N) is 1. The Balaban J connectivity index is 1.55. The maximum atomic E-state index is 12.6. The predicted molar refractivity (Wildman–Crippen MR) is 103 cm³/mol. The van der Waals surface area contributed by atoms with Crippen molar-refractivity contribution < 1.29 is 18.4 Å². The molecule has 1 aromatic carbocycles. The molecule has 0 atom stereocenters. The van der Waals surface area contributed by atoms with Crippen LogP contribution in [0.3, 0.4) is 0 Å². The fourth-order valence-corrected chi connectivity index (χ4v) is 2.82. The van der Waals surface area contributed by atoms with Gasteiger partial charge < -0.3 is 19.1 Å². The Bertz CT molecular complexity index is 822. The fourth-order valence-electron chi connectivity index (χ4n) is 2.56. The van der Waals surface area contributed by atoms with E-state index in [4.69, 9.17) is 8.83 Å². The van der Waals surface area contributed by atoms with Gasteiger partial charge in [-0.3, -0.25) is 9.59 Å². The summed E-state index contributed by atoms with van der Waals surface area (Å²) < 4.78 is 11.6. The van der Waals surface area contributed by atoms with E-state index in [1.165, 1.54) is 0 Å². The van der Waals surface area contributed by atoms with E-state index in [0.717, 1.165) is 4.47 Å². The Morgan fingerprint density at radius 2 is 1.52 bits per heavy atom. The first-order valence-electron chi connectivity index (χ1n) is 8.48. The molecule has 3 rings (SSSR count). The minimum absolute atomic E-state index is 0.0982. The van der Waals surface area contributed by atoms with Crippen LogP contribution in [-0.2, 0) is 17.9 Å². The third-order valence-electron chi connectivity index (χ3n) is 3.94. The SMILES string of the molecule is O=C(NCCC(=O)N(Cc1ccco1)Cc1ccco1)c1ccc(Br)cc1. The van der Waals surface area contributed by atoms with E-state index in [9.17, 15) is 9.59 Å². The maximum absolute atomic E-state index is 12.6. The minimum Gasteiger partial charge on any atom is -0.467 e. The zero-order valence-corrected chi connectivity index (χ0v) is 16.1. The molecule has 2 amide bonds. The van der Waals surface area contributed by atoms with E-state index < -0.39 is 0 Å². The Kier molecular flexibility index (Phi) is 6.49. The summed E-state index contributed by atoms with van der Waals surface area (Å²) in [4.78, 5) is 26.4. The van der Waals surface area contributed by atoms with Gasteiger partial charge in [-0.2, -0.15) is 0 Å². The summed E-state index contributed by atoms with van der Waals surface area (Å²) in [5.74, 6) is 1.07. The van der Waals surface area contributed by atoms with Gasteiger partial charge in [-0.25, -0.2) is 0 Å². The molecular weight excluding hydrogens is 412 g/mol. The average molecular weight is 431 g/mol. The Labute approximate surface area is 165 Å². The molecule has 0 saturated heterocycles. The predicted octanol–water partition coefficient (Wildman–Crippen LogP) is 3.98. The Hall–Kier alpha value is -2.80. The highest BCUT2D eigenvalue weighted by Gasteiger charge is 2.17. The summed E-state index contributed by atoms with van der Waals surface area (Å²) in [5, 5.41) is 2.77. The van der Waals surface area contributed by atoms with Gasteiger partial charge in [-0.05, 0) is 48.5 Å². The van der Waals surface area contributed by atoms with Crippen molar-refractivity contribution in [2.45, 2.75) is 19.5 Å². The van der Waals surface area contributed by atoms with E-state index in [0.29, 0.717) is 30.2 Å². The van der Waals surface area contributed by atoms with E-state index in [2.05, 4.69) is 21.2 Å². The van der Waals surface area contributed by atoms with Gasteiger partial charge in [-0.15, -0.1) is 0 Å². The molecule has 0 unspecified atom stereocenters. The molecular formula is C20H19BrN2O4. The molecule has 0 fully saturated rings. The lowest BCUT2D eigenvalue weighted by molar-refractivity contribution is -0.132. The van der Waals surface area contributed by atoms with Gasteiger partial charge in [0.05, 0.1) is 25.6 Å². The van der Waals surface area contributed by atoms with Gasteiger partial charge in [-0.1, -0.05) is 15.9 Å². The number of hydrogen-bond acceptors (Lipinski definition) is 4. The van der Waals surface area contributed by atoms with Crippen LogP contribution in [0.4, 0.5) is 0 Å². The van der Waals surface area contributed by atoms with Crippen molar-refractivity contribution >= 4 is 27.7 Å². The molecule has 0 saturated carbocycles. The van der Waals surface area contributed by atoms with Crippen molar-refractivity contribution in [1.29, 1.82) is 0 Å². The number of benzene rings is 1. The van der Waals surface area contributed by atoms with Crippen molar-refractivity contribution in [3.05, 3.63) is 82.6 Å². The first kappa shape index (κ1) is 19.0. The smallest absolute Gasteiger partial charge is 0.251 e. The Morgan fingerprint density at radius 1 is 0.926 bits per heavy atom.